The van der Waals surface area contributed by atoms with E-state index in [1.165, 1.54) is 6.20 Å². The molecule has 0 saturated heterocycles. The van der Waals surface area contributed by atoms with Crippen LogP contribution in [0.5, 0.6) is 0 Å². The second-order valence-corrected chi connectivity index (χ2v) is 3.38. The van der Waals surface area contributed by atoms with E-state index in [1.807, 2.05) is 11.9 Å². The summed E-state index contributed by atoms with van der Waals surface area (Å²) in [5.74, 6) is 0.723. The zero-order valence-corrected chi connectivity index (χ0v) is 8.65. The second kappa shape index (κ2) is 4.04. The number of nitrogen functional groups attached to an aromatic ring is 1. The molecule has 0 aliphatic carbocycles. The zero-order chi connectivity index (χ0) is 10.7. The first-order valence-corrected chi connectivity index (χ1v) is 4.41. The number of nitrogens with one attached hydrogen (secondary N) is 1. The summed E-state index contributed by atoms with van der Waals surface area (Å²) in [4.78, 5) is 10.2. The molecule has 0 aliphatic heterocycles. The smallest absolute Gasteiger partial charge is 0.147 e. The SMILES string of the molecule is CC(C)N(C)c1cnc(C(=N)N)cn1. The summed E-state index contributed by atoms with van der Waals surface area (Å²) in [5, 5.41) is 7.16. The van der Waals surface area contributed by atoms with Crippen molar-refractivity contribution in [1.82, 2.24) is 9.97 Å². The van der Waals surface area contributed by atoms with E-state index in [4.69, 9.17) is 11.1 Å². The predicted molar refractivity (Wildman–Crippen MR) is 56.6 cm³/mol. The Morgan fingerprint density at radius 2 is 2.07 bits per heavy atom. The predicted octanol–water partition coefficient (Wildman–Crippen LogP) is 0.605. The van der Waals surface area contributed by atoms with Gasteiger partial charge in [0.05, 0.1) is 12.4 Å². The monoisotopic (exact) mass is 193 g/mol. The third kappa shape index (κ3) is 2.18. The van der Waals surface area contributed by atoms with Crippen molar-refractivity contribution in [2.75, 3.05) is 11.9 Å². The number of anilines is 1. The molecule has 5 heteroatoms. The number of amidine groups is 1. The lowest BCUT2D eigenvalue weighted by atomic mass is 10.3. The maximum Gasteiger partial charge on any atom is 0.147 e. The van der Waals surface area contributed by atoms with Crippen LogP contribution in [0.25, 0.3) is 0 Å². The molecule has 76 valence electrons. The molecule has 0 radical (unpaired) electrons. The van der Waals surface area contributed by atoms with E-state index >= 15 is 0 Å². The van der Waals surface area contributed by atoms with Gasteiger partial charge in [-0.3, -0.25) is 5.41 Å². The lowest BCUT2D eigenvalue weighted by Gasteiger charge is -2.21. The third-order valence-corrected chi connectivity index (χ3v) is 2.05. The fraction of sp³-hybridized carbons (Fsp3) is 0.444. The molecule has 1 aromatic rings. The highest BCUT2D eigenvalue weighted by molar-refractivity contribution is 5.92. The minimum absolute atomic E-state index is 0.0590. The highest BCUT2D eigenvalue weighted by Crippen LogP contribution is 2.09. The van der Waals surface area contributed by atoms with Crippen LogP contribution < -0.4 is 10.6 Å². The van der Waals surface area contributed by atoms with Crippen molar-refractivity contribution in [2.24, 2.45) is 5.73 Å². The summed E-state index contributed by atoms with van der Waals surface area (Å²) < 4.78 is 0. The maximum absolute atomic E-state index is 7.16. The van der Waals surface area contributed by atoms with Crippen LogP contribution in [-0.2, 0) is 0 Å². The van der Waals surface area contributed by atoms with Crippen LogP contribution in [0.2, 0.25) is 0 Å². The lowest BCUT2D eigenvalue weighted by molar-refractivity contribution is 0.740. The van der Waals surface area contributed by atoms with Crippen LogP contribution in [0.3, 0.4) is 0 Å². The summed E-state index contributed by atoms with van der Waals surface area (Å²) in [6.07, 6.45) is 3.13. The molecular weight excluding hydrogens is 178 g/mol. The molecule has 0 saturated carbocycles. The van der Waals surface area contributed by atoms with Crippen molar-refractivity contribution in [3.63, 3.8) is 0 Å². The van der Waals surface area contributed by atoms with Crippen LogP contribution in [0, 0.1) is 5.41 Å². The number of nitrogens with zero attached hydrogens (tertiary/aromatic N) is 3. The average molecular weight is 193 g/mol. The van der Waals surface area contributed by atoms with Gasteiger partial charge in [0.15, 0.2) is 0 Å². The molecule has 14 heavy (non-hydrogen) atoms. The van der Waals surface area contributed by atoms with Crippen LogP contribution in [0.1, 0.15) is 19.5 Å². The van der Waals surface area contributed by atoms with Crippen molar-refractivity contribution in [3.8, 4) is 0 Å². The van der Waals surface area contributed by atoms with E-state index in [2.05, 4.69) is 23.8 Å². The van der Waals surface area contributed by atoms with Gasteiger partial charge in [0.25, 0.3) is 0 Å². The van der Waals surface area contributed by atoms with Gasteiger partial charge in [-0.05, 0) is 13.8 Å². The summed E-state index contributed by atoms with van der Waals surface area (Å²) in [6, 6.07) is 0.368. The molecule has 0 atom stereocenters. The van der Waals surface area contributed by atoms with Crippen molar-refractivity contribution in [2.45, 2.75) is 19.9 Å². The van der Waals surface area contributed by atoms with Gasteiger partial charge in [-0.25, -0.2) is 9.97 Å². The summed E-state index contributed by atoms with van der Waals surface area (Å²) in [7, 11) is 1.95. The quantitative estimate of drug-likeness (QED) is 0.544. The molecule has 0 unspecified atom stereocenters. The van der Waals surface area contributed by atoms with Gasteiger partial charge in [-0.15, -0.1) is 0 Å². The fourth-order valence-corrected chi connectivity index (χ4v) is 0.907. The van der Waals surface area contributed by atoms with Crippen LogP contribution in [0.15, 0.2) is 12.4 Å². The Morgan fingerprint density at radius 1 is 1.43 bits per heavy atom. The van der Waals surface area contributed by atoms with Crippen molar-refractivity contribution in [3.05, 3.63) is 18.1 Å². The maximum atomic E-state index is 7.16. The molecule has 1 rings (SSSR count). The van der Waals surface area contributed by atoms with Crippen LogP contribution in [-0.4, -0.2) is 28.9 Å². The van der Waals surface area contributed by atoms with Gasteiger partial charge >= 0.3 is 0 Å². The largest absolute Gasteiger partial charge is 0.382 e. The lowest BCUT2D eigenvalue weighted by Crippen LogP contribution is -2.27. The Labute approximate surface area is 83.5 Å². The zero-order valence-electron chi connectivity index (χ0n) is 8.65. The summed E-state index contributed by atoms with van der Waals surface area (Å²) >= 11 is 0. The van der Waals surface area contributed by atoms with Crippen LogP contribution >= 0.6 is 0 Å². The Kier molecular flexibility index (Phi) is 3.01. The molecule has 0 aromatic carbocycles. The minimum Gasteiger partial charge on any atom is -0.382 e. The number of aromatic nitrogens is 2. The molecule has 0 bridgehead atoms. The molecule has 0 amide bonds. The highest BCUT2D eigenvalue weighted by atomic mass is 15.2. The number of nitrogens with two attached hydrogens (primary N) is 1. The highest BCUT2D eigenvalue weighted by Gasteiger charge is 2.07. The minimum atomic E-state index is -0.0590. The first-order valence-electron chi connectivity index (χ1n) is 4.41. The number of rotatable bonds is 3. The fourth-order valence-electron chi connectivity index (χ4n) is 0.907. The van der Waals surface area contributed by atoms with Crippen LogP contribution in [0.4, 0.5) is 5.82 Å². The first kappa shape index (κ1) is 10.4. The average Bonchev–Trinajstić information content (AvgIpc) is 2.16. The molecule has 5 nitrogen and oxygen atoms in total. The Balaban J connectivity index is 2.88. The van der Waals surface area contributed by atoms with E-state index in [9.17, 15) is 0 Å². The number of hydrogen-bond acceptors (Lipinski definition) is 4. The van der Waals surface area contributed by atoms with Gasteiger partial charge in [0.2, 0.25) is 0 Å². The molecule has 1 heterocycles. The molecule has 1 aromatic heterocycles. The molecular formula is C9H15N5. The van der Waals surface area contributed by atoms with Gasteiger partial charge in [-0.2, -0.15) is 0 Å². The summed E-state index contributed by atoms with van der Waals surface area (Å²) in [6.45, 7) is 4.14. The van der Waals surface area contributed by atoms with E-state index in [1.54, 1.807) is 6.20 Å². The Bertz CT molecular complexity index is 316. The van der Waals surface area contributed by atoms with E-state index in [0.717, 1.165) is 5.82 Å². The molecule has 0 spiro atoms. The molecule has 0 aliphatic rings. The molecule has 3 N–H and O–H groups in total. The topological polar surface area (TPSA) is 78.9 Å². The normalized spacial score (nSPS) is 10.3. The Hall–Kier alpha value is -1.65. The van der Waals surface area contributed by atoms with Crippen molar-refractivity contribution >= 4 is 11.7 Å². The van der Waals surface area contributed by atoms with Crippen molar-refractivity contribution in [1.29, 1.82) is 5.41 Å². The molecule has 0 fully saturated rings. The van der Waals surface area contributed by atoms with Crippen molar-refractivity contribution < 1.29 is 0 Å². The first-order chi connectivity index (χ1) is 6.52. The third-order valence-electron chi connectivity index (χ3n) is 2.05. The second-order valence-electron chi connectivity index (χ2n) is 3.38. The van der Waals surface area contributed by atoms with Gasteiger partial charge in [-0.1, -0.05) is 0 Å². The number of hydrogen-bond donors (Lipinski definition) is 2. The van der Waals surface area contributed by atoms with Gasteiger partial charge in [0, 0.05) is 13.1 Å². The van der Waals surface area contributed by atoms with E-state index in [-0.39, 0.29) is 5.84 Å². The summed E-state index contributed by atoms with van der Waals surface area (Å²) in [5.41, 5.74) is 5.68. The standard InChI is InChI=1S/C9H15N5/c1-6(2)14(3)8-5-12-7(4-13-8)9(10)11/h4-6H,1-3H3,(H3,10,11). The Morgan fingerprint density at radius 3 is 2.43 bits per heavy atom. The van der Waals surface area contributed by atoms with Gasteiger partial charge < -0.3 is 10.6 Å². The van der Waals surface area contributed by atoms with E-state index < -0.39 is 0 Å². The van der Waals surface area contributed by atoms with E-state index in [0.29, 0.717) is 11.7 Å². The van der Waals surface area contributed by atoms with Gasteiger partial charge in [0.1, 0.15) is 17.3 Å².